The number of nitrogen functional groups attached to an aromatic ring is 1. The number of hydrogen-bond acceptors (Lipinski definition) is 5. The highest BCUT2D eigenvalue weighted by atomic mass is 32.2. The fourth-order valence-electron chi connectivity index (χ4n) is 1.43. The minimum absolute atomic E-state index is 0.175. The summed E-state index contributed by atoms with van der Waals surface area (Å²) in [5.74, 6) is 0.710. The van der Waals surface area contributed by atoms with Crippen LogP contribution in [0.3, 0.4) is 0 Å². The Hall–Kier alpha value is -1.95. The highest BCUT2D eigenvalue weighted by molar-refractivity contribution is 7.99. The van der Waals surface area contributed by atoms with Gasteiger partial charge in [0.05, 0.1) is 7.11 Å². The van der Waals surface area contributed by atoms with E-state index < -0.39 is 0 Å². The molecule has 2 rings (SSSR count). The smallest absolute Gasteiger partial charge is 0.251 e. The first-order valence-corrected chi connectivity index (χ1v) is 6.09. The molecule has 2 aromatic rings. The highest BCUT2D eigenvalue weighted by Gasteiger charge is 2.06. The van der Waals surface area contributed by atoms with Gasteiger partial charge in [-0.05, 0) is 36.9 Å². The summed E-state index contributed by atoms with van der Waals surface area (Å²) in [7, 11) is 1.59. The van der Waals surface area contributed by atoms with Crippen molar-refractivity contribution in [2.45, 2.75) is 17.0 Å². The molecular formula is C12H13N3O2S. The van der Waals surface area contributed by atoms with Crippen molar-refractivity contribution in [3.63, 3.8) is 0 Å². The number of aromatic amines is 1. The second-order valence-corrected chi connectivity index (χ2v) is 4.73. The van der Waals surface area contributed by atoms with E-state index in [1.165, 1.54) is 17.8 Å². The van der Waals surface area contributed by atoms with Gasteiger partial charge >= 0.3 is 0 Å². The minimum Gasteiger partial charge on any atom is -0.497 e. The zero-order valence-electron chi connectivity index (χ0n) is 10.1. The first-order valence-electron chi connectivity index (χ1n) is 5.28. The molecule has 3 N–H and O–H groups in total. The minimum atomic E-state index is -0.175. The molecule has 1 aromatic heterocycles. The lowest BCUT2D eigenvalue weighted by molar-refractivity contribution is 0.414. The van der Waals surface area contributed by atoms with E-state index in [2.05, 4.69) is 9.97 Å². The maximum Gasteiger partial charge on any atom is 0.251 e. The maximum absolute atomic E-state index is 11.3. The molecule has 1 aromatic carbocycles. The van der Waals surface area contributed by atoms with E-state index in [0.717, 1.165) is 4.90 Å². The van der Waals surface area contributed by atoms with Crippen molar-refractivity contribution in [2.75, 3.05) is 12.8 Å². The second-order valence-electron chi connectivity index (χ2n) is 3.70. The van der Waals surface area contributed by atoms with E-state index in [9.17, 15) is 4.79 Å². The van der Waals surface area contributed by atoms with E-state index in [1.807, 2.05) is 6.07 Å². The fraction of sp³-hybridized carbons (Fsp3) is 0.167. The Labute approximate surface area is 108 Å². The molecular weight excluding hydrogens is 250 g/mol. The summed E-state index contributed by atoms with van der Waals surface area (Å²) in [5.41, 5.74) is 6.98. The van der Waals surface area contributed by atoms with E-state index in [1.54, 1.807) is 26.2 Å². The lowest BCUT2D eigenvalue weighted by Crippen LogP contribution is -2.08. The summed E-state index contributed by atoms with van der Waals surface area (Å²) < 4.78 is 5.13. The molecule has 0 fully saturated rings. The largest absolute Gasteiger partial charge is 0.497 e. The molecule has 6 heteroatoms. The number of anilines is 1. The quantitative estimate of drug-likeness (QED) is 0.652. The molecule has 1 heterocycles. The van der Waals surface area contributed by atoms with Gasteiger partial charge in [-0.1, -0.05) is 0 Å². The Morgan fingerprint density at radius 1 is 1.39 bits per heavy atom. The number of nitrogens with one attached hydrogen (secondary N) is 1. The summed E-state index contributed by atoms with van der Waals surface area (Å²) in [5, 5.41) is 0.514. The SMILES string of the molecule is COc1ccc(N)c(Sc2nc(C)cc(=O)[nH]2)c1. The third kappa shape index (κ3) is 2.84. The van der Waals surface area contributed by atoms with Gasteiger partial charge in [0.2, 0.25) is 0 Å². The van der Waals surface area contributed by atoms with E-state index in [0.29, 0.717) is 22.3 Å². The molecule has 0 aliphatic rings. The molecule has 0 amide bonds. The number of nitrogens with zero attached hydrogens (tertiary/aromatic N) is 1. The number of methoxy groups -OCH3 is 1. The van der Waals surface area contributed by atoms with Gasteiger partial charge < -0.3 is 15.5 Å². The molecule has 0 aliphatic heterocycles. The number of H-pyrrole nitrogens is 1. The fourth-order valence-corrected chi connectivity index (χ4v) is 2.34. The van der Waals surface area contributed by atoms with E-state index in [4.69, 9.17) is 10.5 Å². The van der Waals surface area contributed by atoms with Gasteiger partial charge in [-0.25, -0.2) is 4.98 Å². The van der Waals surface area contributed by atoms with Crippen molar-refractivity contribution < 1.29 is 4.74 Å². The predicted octanol–water partition coefficient (Wildman–Crippen LogP) is 1.82. The number of hydrogen-bond donors (Lipinski definition) is 2. The Kier molecular flexibility index (Phi) is 3.57. The summed E-state index contributed by atoms with van der Waals surface area (Å²) in [6, 6.07) is 6.79. The van der Waals surface area contributed by atoms with Crippen LogP contribution >= 0.6 is 11.8 Å². The maximum atomic E-state index is 11.3. The molecule has 0 saturated carbocycles. The number of ether oxygens (including phenoxy) is 1. The zero-order valence-corrected chi connectivity index (χ0v) is 10.9. The first-order chi connectivity index (χ1) is 8.58. The zero-order chi connectivity index (χ0) is 13.1. The van der Waals surface area contributed by atoms with Crippen LogP contribution < -0.4 is 16.0 Å². The third-order valence-corrected chi connectivity index (χ3v) is 3.24. The van der Waals surface area contributed by atoms with Crippen molar-refractivity contribution in [3.05, 3.63) is 40.3 Å². The normalized spacial score (nSPS) is 10.3. The molecule has 0 bridgehead atoms. The number of rotatable bonds is 3. The second kappa shape index (κ2) is 5.14. The van der Waals surface area contributed by atoms with E-state index >= 15 is 0 Å². The molecule has 0 aliphatic carbocycles. The molecule has 5 nitrogen and oxygen atoms in total. The Balaban J connectivity index is 2.36. The van der Waals surface area contributed by atoms with Crippen LogP contribution in [0.15, 0.2) is 39.1 Å². The van der Waals surface area contributed by atoms with Crippen molar-refractivity contribution >= 4 is 17.4 Å². The highest BCUT2D eigenvalue weighted by Crippen LogP contribution is 2.32. The monoisotopic (exact) mass is 263 g/mol. The van der Waals surface area contributed by atoms with Gasteiger partial charge in [0, 0.05) is 22.3 Å². The molecule has 94 valence electrons. The predicted molar refractivity (Wildman–Crippen MR) is 71.1 cm³/mol. The Bertz CT molecular complexity index is 625. The van der Waals surface area contributed by atoms with Crippen LogP contribution in [0.2, 0.25) is 0 Å². The van der Waals surface area contributed by atoms with E-state index in [-0.39, 0.29) is 5.56 Å². The summed E-state index contributed by atoms with van der Waals surface area (Å²) >= 11 is 1.30. The molecule has 0 spiro atoms. The van der Waals surface area contributed by atoms with Gasteiger partial charge in [0.25, 0.3) is 5.56 Å². The van der Waals surface area contributed by atoms with Crippen molar-refractivity contribution in [2.24, 2.45) is 0 Å². The molecule has 0 unspecified atom stereocenters. The van der Waals surface area contributed by atoms with Crippen LogP contribution in [0.4, 0.5) is 5.69 Å². The van der Waals surface area contributed by atoms with Gasteiger partial charge in [-0.2, -0.15) is 0 Å². The summed E-state index contributed by atoms with van der Waals surface area (Å²) in [6.45, 7) is 1.77. The van der Waals surface area contributed by atoms with Crippen molar-refractivity contribution in [3.8, 4) is 5.75 Å². The van der Waals surface area contributed by atoms with Gasteiger partial charge in [-0.15, -0.1) is 0 Å². The topological polar surface area (TPSA) is 81.0 Å². The Morgan fingerprint density at radius 3 is 2.83 bits per heavy atom. The average Bonchev–Trinajstić information content (AvgIpc) is 2.30. The molecule has 0 atom stereocenters. The van der Waals surface area contributed by atoms with Crippen LogP contribution in [0.1, 0.15) is 5.69 Å². The molecule has 0 saturated heterocycles. The number of nitrogens with two attached hydrogens (primary N) is 1. The standard InChI is InChI=1S/C12H13N3O2S/c1-7-5-11(16)15-12(14-7)18-10-6-8(17-2)3-4-9(10)13/h3-6H,13H2,1-2H3,(H,14,15,16). The number of aromatic nitrogens is 2. The number of aryl methyl sites for hydroxylation is 1. The van der Waals surface area contributed by atoms with Crippen LogP contribution in [0.25, 0.3) is 0 Å². The van der Waals surface area contributed by atoms with Crippen molar-refractivity contribution in [1.82, 2.24) is 9.97 Å². The van der Waals surface area contributed by atoms with Crippen molar-refractivity contribution in [1.29, 1.82) is 0 Å². The number of benzene rings is 1. The summed E-state index contributed by atoms with van der Waals surface area (Å²) in [4.78, 5) is 19.0. The van der Waals surface area contributed by atoms with Crippen LogP contribution in [-0.4, -0.2) is 17.1 Å². The lowest BCUT2D eigenvalue weighted by atomic mass is 10.3. The van der Waals surface area contributed by atoms with Crippen LogP contribution in [-0.2, 0) is 0 Å². The third-order valence-electron chi connectivity index (χ3n) is 2.28. The van der Waals surface area contributed by atoms with Gasteiger partial charge in [-0.3, -0.25) is 4.79 Å². The molecule has 0 radical (unpaired) electrons. The van der Waals surface area contributed by atoms with Gasteiger partial charge in [0.15, 0.2) is 5.16 Å². The Morgan fingerprint density at radius 2 is 2.17 bits per heavy atom. The van der Waals surface area contributed by atoms with Gasteiger partial charge in [0.1, 0.15) is 5.75 Å². The first kappa shape index (κ1) is 12.5. The lowest BCUT2D eigenvalue weighted by Gasteiger charge is -2.07. The van der Waals surface area contributed by atoms with Crippen LogP contribution in [0, 0.1) is 6.92 Å². The molecule has 18 heavy (non-hydrogen) atoms. The summed E-state index contributed by atoms with van der Waals surface area (Å²) in [6.07, 6.45) is 0. The average molecular weight is 263 g/mol. The van der Waals surface area contributed by atoms with Crippen LogP contribution in [0.5, 0.6) is 5.75 Å².